The largest absolute Gasteiger partial charge is 0.467 e. The van der Waals surface area contributed by atoms with E-state index in [9.17, 15) is 19.2 Å². The molecule has 4 aliphatic rings. The summed E-state index contributed by atoms with van der Waals surface area (Å²) in [7, 11) is 1.30. The van der Waals surface area contributed by atoms with Crippen LogP contribution >= 0.6 is 11.3 Å². The number of hydrogen-bond acceptors (Lipinski definition) is 10. The van der Waals surface area contributed by atoms with Gasteiger partial charge in [0.2, 0.25) is 12.2 Å². The van der Waals surface area contributed by atoms with Gasteiger partial charge >= 0.3 is 11.9 Å². The third-order valence-electron chi connectivity index (χ3n) is 10.5. The van der Waals surface area contributed by atoms with Crippen LogP contribution in [0.2, 0.25) is 0 Å². The molecule has 0 bridgehead atoms. The lowest BCUT2D eigenvalue weighted by molar-refractivity contribution is -0.204. The number of amides is 1. The van der Waals surface area contributed by atoms with E-state index in [-0.39, 0.29) is 29.6 Å². The second-order valence-corrected chi connectivity index (χ2v) is 14.5. The van der Waals surface area contributed by atoms with Crippen molar-refractivity contribution < 1.29 is 38.1 Å². The van der Waals surface area contributed by atoms with E-state index in [2.05, 4.69) is 29.4 Å². The number of nitrogens with zero attached hydrogens (tertiary/aromatic N) is 1. The van der Waals surface area contributed by atoms with Crippen molar-refractivity contribution in [1.29, 1.82) is 0 Å². The summed E-state index contributed by atoms with van der Waals surface area (Å²) in [5.41, 5.74) is 2.21. The van der Waals surface area contributed by atoms with Gasteiger partial charge in [-0.25, -0.2) is 9.78 Å². The molecule has 3 unspecified atom stereocenters. The average Bonchev–Trinajstić information content (AvgIpc) is 3.53. The zero-order valence-electron chi connectivity index (χ0n) is 26.3. The van der Waals surface area contributed by atoms with Crippen LogP contribution in [0.4, 0.5) is 5.13 Å². The Balaban J connectivity index is 1.14. The molecule has 2 aromatic rings. The summed E-state index contributed by atoms with van der Waals surface area (Å²) in [6.45, 7) is 5.47. The van der Waals surface area contributed by atoms with Gasteiger partial charge in [0.25, 0.3) is 0 Å². The Hall–Kier alpha value is -3.31. The van der Waals surface area contributed by atoms with Crippen LogP contribution in [-0.2, 0) is 39.8 Å². The van der Waals surface area contributed by atoms with Crippen molar-refractivity contribution in [1.82, 2.24) is 4.98 Å². The molecule has 1 amide bonds. The van der Waals surface area contributed by atoms with Gasteiger partial charge in [-0.15, -0.1) is 11.3 Å². The highest BCUT2D eigenvalue weighted by atomic mass is 32.1. The summed E-state index contributed by atoms with van der Waals surface area (Å²) < 4.78 is 22.4. The predicted octanol–water partition coefficient (Wildman–Crippen LogP) is 5.51. The van der Waals surface area contributed by atoms with Gasteiger partial charge in [0.15, 0.2) is 11.2 Å². The van der Waals surface area contributed by atoms with Crippen molar-refractivity contribution in [3.05, 3.63) is 40.4 Å². The molecule has 3 aliphatic carbocycles. The highest BCUT2D eigenvalue weighted by Crippen LogP contribution is 2.62. The van der Waals surface area contributed by atoms with Gasteiger partial charge in [-0.2, -0.15) is 0 Å². The fourth-order valence-corrected chi connectivity index (χ4v) is 9.23. The van der Waals surface area contributed by atoms with E-state index < -0.39 is 30.4 Å². The molecule has 10 nitrogen and oxygen atoms in total. The van der Waals surface area contributed by atoms with Gasteiger partial charge in [-0.1, -0.05) is 13.0 Å². The molecule has 242 valence electrons. The fourth-order valence-electron chi connectivity index (χ4n) is 8.55. The lowest BCUT2D eigenvalue weighted by Gasteiger charge is -2.50. The number of thiazole rings is 1. The summed E-state index contributed by atoms with van der Waals surface area (Å²) in [5, 5.41) is 3.55. The number of esters is 2. The Morgan fingerprint density at radius 1 is 1.20 bits per heavy atom. The lowest BCUT2D eigenvalue weighted by Crippen LogP contribution is -2.44. The smallest absolute Gasteiger partial charge is 0.335 e. The number of carbonyl (C=O) groups excluding carboxylic acids is 4. The first-order chi connectivity index (χ1) is 21.5. The van der Waals surface area contributed by atoms with E-state index in [0.29, 0.717) is 54.2 Å². The molecule has 2 saturated carbocycles. The zero-order chi connectivity index (χ0) is 31.9. The van der Waals surface area contributed by atoms with Crippen LogP contribution in [-0.4, -0.2) is 54.2 Å². The number of anilines is 1. The molecule has 1 aromatic heterocycles. The highest BCUT2D eigenvalue weighted by molar-refractivity contribution is 7.15. The van der Waals surface area contributed by atoms with Crippen molar-refractivity contribution in [2.75, 3.05) is 12.4 Å². The number of benzene rings is 1. The maximum absolute atomic E-state index is 13.4. The van der Waals surface area contributed by atoms with E-state index in [1.165, 1.54) is 36.5 Å². The number of fused-ring (bicyclic) bond motifs is 5. The number of rotatable bonds is 8. The van der Waals surface area contributed by atoms with Crippen LogP contribution in [0.1, 0.15) is 87.1 Å². The van der Waals surface area contributed by atoms with E-state index in [4.69, 9.17) is 18.9 Å². The summed E-state index contributed by atoms with van der Waals surface area (Å²) in [4.78, 5) is 55.3. The number of Topliss-reactive ketones (excluding diaryl/α,β-unsaturated/α-hetero) is 1. The fraction of sp³-hybridized carbons (Fsp3) is 0.618. The molecular weight excluding hydrogens is 596 g/mol. The maximum Gasteiger partial charge on any atom is 0.335 e. The molecule has 3 fully saturated rings. The molecule has 0 spiro atoms. The van der Waals surface area contributed by atoms with Crippen LogP contribution in [0, 0.1) is 30.1 Å². The molecule has 8 atom stereocenters. The Morgan fingerprint density at radius 3 is 2.76 bits per heavy atom. The molecule has 0 radical (unpaired) electrons. The van der Waals surface area contributed by atoms with Crippen LogP contribution in [0.25, 0.3) is 0 Å². The van der Waals surface area contributed by atoms with Crippen molar-refractivity contribution in [3.8, 4) is 5.75 Å². The summed E-state index contributed by atoms with van der Waals surface area (Å²) in [6, 6.07) is 6.15. The standard InChI is InChI=1S/C34H42N2O8S/c1-18-17-35-33(45-18)36-29(39)10-6-21-14-28(38)34(3)12-11-25-24-9-7-22(13-20(24)5-8-26(25)31(21)34)43-30-16-23(42-19(2)37)15-27(44-30)32(40)41-4/h7,9,13,17,21,23,25-27,30-31H,5-6,8,10-12,14-16H2,1-4H3,(H,35,36,39)/t21-,23+,25?,26?,27+,30-,31?,34-/m1/s1. The Labute approximate surface area is 267 Å². The Morgan fingerprint density at radius 2 is 2.02 bits per heavy atom. The molecule has 11 heteroatoms. The molecule has 45 heavy (non-hydrogen) atoms. The molecule has 6 rings (SSSR count). The number of hydrogen-bond donors (Lipinski definition) is 1. The first-order valence-electron chi connectivity index (χ1n) is 16.0. The molecule has 1 aromatic carbocycles. The topological polar surface area (TPSA) is 130 Å². The minimum atomic E-state index is -0.877. The lowest BCUT2D eigenvalue weighted by atomic mass is 9.54. The predicted molar refractivity (Wildman–Crippen MR) is 166 cm³/mol. The Bertz CT molecular complexity index is 1470. The van der Waals surface area contributed by atoms with Crippen molar-refractivity contribution in [2.24, 2.45) is 23.2 Å². The minimum absolute atomic E-state index is 0.0432. The first-order valence-corrected chi connectivity index (χ1v) is 16.8. The second-order valence-electron chi connectivity index (χ2n) is 13.3. The number of ketones is 1. The van der Waals surface area contributed by atoms with Gasteiger partial charge in [0.05, 0.1) is 7.11 Å². The third kappa shape index (κ3) is 6.52. The number of nitrogens with one attached hydrogen (secondary N) is 1. The van der Waals surface area contributed by atoms with Crippen LogP contribution in [0.5, 0.6) is 5.75 Å². The van der Waals surface area contributed by atoms with Crippen molar-refractivity contribution in [2.45, 2.75) is 103 Å². The van der Waals surface area contributed by atoms with Crippen molar-refractivity contribution in [3.63, 3.8) is 0 Å². The van der Waals surface area contributed by atoms with Gasteiger partial charge in [0, 0.05) is 49.1 Å². The average molecular weight is 639 g/mol. The molecular formula is C34H42N2O8S. The number of aromatic nitrogens is 1. The van der Waals surface area contributed by atoms with Gasteiger partial charge in [-0.3, -0.25) is 14.4 Å². The second kappa shape index (κ2) is 12.8. The van der Waals surface area contributed by atoms with E-state index in [1.54, 1.807) is 6.20 Å². The van der Waals surface area contributed by atoms with Gasteiger partial charge in [0.1, 0.15) is 17.6 Å². The van der Waals surface area contributed by atoms with Crippen LogP contribution in [0.3, 0.4) is 0 Å². The molecule has 2 heterocycles. The summed E-state index contributed by atoms with van der Waals surface area (Å²) in [5.74, 6) is 1.19. The molecule has 1 aliphatic heterocycles. The number of aryl methyl sites for hydroxylation is 2. The summed E-state index contributed by atoms with van der Waals surface area (Å²) in [6.07, 6.45) is 5.45. The van der Waals surface area contributed by atoms with Crippen LogP contribution < -0.4 is 10.1 Å². The highest BCUT2D eigenvalue weighted by Gasteiger charge is 2.58. The normalized spacial score (nSPS) is 32.1. The monoisotopic (exact) mass is 638 g/mol. The van der Waals surface area contributed by atoms with E-state index in [0.717, 1.165) is 30.6 Å². The number of carbonyl (C=O) groups is 4. The van der Waals surface area contributed by atoms with E-state index in [1.807, 2.05) is 13.0 Å². The molecule has 1 saturated heterocycles. The number of ether oxygens (including phenoxy) is 4. The number of methoxy groups -OCH3 is 1. The zero-order valence-corrected chi connectivity index (χ0v) is 27.2. The first kappa shape index (κ1) is 31.7. The van der Waals surface area contributed by atoms with Gasteiger partial charge in [-0.05, 0) is 86.0 Å². The van der Waals surface area contributed by atoms with E-state index >= 15 is 0 Å². The molecule has 1 N–H and O–H groups in total. The minimum Gasteiger partial charge on any atom is -0.467 e. The maximum atomic E-state index is 13.4. The van der Waals surface area contributed by atoms with Crippen molar-refractivity contribution >= 4 is 40.1 Å². The van der Waals surface area contributed by atoms with Gasteiger partial charge < -0.3 is 24.3 Å². The SMILES string of the molecule is COC(=O)[C@@H]1C[C@H](OC(C)=O)C[C@H](Oc2ccc3c(c2)CCC2C3CC[C@]3(C)C(=O)C[C@@H](CCC(=O)Nc4ncc(C)s4)C23)O1. The summed E-state index contributed by atoms with van der Waals surface area (Å²) >= 11 is 1.47. The third-order valence-corrected chi connectivity index (χ3v) is 11.3. The Kier molecular flexibility index (Phi) is 9.03. The quantitative estimate of drug-likeness (QED) is 0.372. The van der Waals surface area contributed by atoms with Crippen LogP contribution in [0.15, 0.2) is 24.4 Å².